The maximum absolute atomic E-state index is 6.59. The molecule has 20 heavy (non-hydrogen) atoms. The molecule has 106 valence electrons. The van der Waals surface area contributed by atoms with Crippen molar-refractivity contribution in [3.8, 4) is 11.3 Å². The Morgan fingerprint density at radius 2 is 2.00 bits per heavy atom. The van der Waals surface area contributed by atoms with E-state index in [2.05, 4.69) is 12.3 Å². The number of aromatic nitrogens is 1. The van der Waals surface area contributed by atoms with Crippen molar-refractivity contribution in [2.24, 2.45) is 11.7 Å². The number of halogens is 1. The number of nitrogens with zero attached hydrogens (tertiary/aromatic N) is 1. The van der Waals surface area contributed by atoms with Crippen LogP contribution in [0.25, 0.3) is 11.3 Å². The summed E-state index contributed by atoms with van der Waals surface area (Å²) < 4.78 is 0. The Labute approximate surface area is 129 Å². The standard InChI is InChI=1S/C16H19ClN2S/c1-11-6-8-16(18,9-7-11)15-19-14(10-20-15)12-4-2-3-5-13(12)17/h2-5,10-11H,6-9,18H2,1H3. The second kappa shape index (κ2) is 5.47. The fourth-order valence-corrected chi connectivity index (χ4v) is 4.01. The molecule has 1 saturated carbocycles. The van der Waals surface area contributed by atoms with E-state index in [-0.39, 0.29) is 5.54 Å². The summed E-state index contributed by atoms with van der Waals surface area (Å²) in [6.07, 6.45) is 4.45. The monoisotopic (exact) mass is 306 g/mol. The molecule has 4 heteroatoms. The summed E-state index contributed by atoms with van der Waals surface area (Å²) in [7, 11) is 0. The second-order valence-corrected chi connectivity index (χ2v) is 7.12. The Bertz CT molecular complexity index is 600. The molecule has 0 amide bonds. The summed E-state index contributed by atoms with van der Waals surface area (Å²) in [5.74, 6) is 0.787. The van der Waals surface area contributed by atoms with Crippen molar-refractivity contribution in [2.75, 3.05) is 0 Å². The average Bonchev–Trinajstić information content (AvgIpc) is 2.93. The molecule has 1 aromatic carbocycles. The van der Waals surface area contributed by atoms with Gasteiger partial charge in [0.25, 0.3) is 0 Å². The quantitative estimate of drug-likeness (QED) is 0.863. The molecular formula is C16H19ClN2S. The summed E-state index contributed by atoms with van der Waals surface area (Å²) in [5.41, 5.74) is 8.28. The highest BCUT2D eigenvalue weighted by Gasteiger charge is 2.34. The maximum Gasteiger partial charge on any atom is 0.113 e. The summed E-state index contributed by atoms with van der Waals surface area (Å²) in [4.78, 5) is 4.77. The van der Waals surface area contributed by atoms with Gasteiger partial charge in [0, 0.05) is 16.0 Å². The first-order valence-corrected chi connectivity index (χ1v) is 8.34. The Kier molecular flexibility index (Phi) is 3.85. The predicted octanol–water partition coefficient (Wildman–Crippen LogP) is 4.83. The van der Waals surface area contributed by atoms with E-state index in [1.165, 1.54) is 12.8 Å². The van der Waals surface area contributed by atoms with E-state index in [4.69, 9.17) is 22.3 Å². The second-order valence-electron chi connectivity index (χ2n) is 5.86. The number of nitrogens with two attached hydrogens (primary N) is 1. The third-order valence-electron chi connectivity index (χ3n) is 4.25. The van der Waals surface area contributed by atoms with Crippen LogP contribution in [0.15, 0.2) is 29.6 Å². The fraction of sp³-hybridized carbons (Fsp3) is 0.438. The molecular weight excluding hydrogens is 288 g/mol. The molecule has 1 aliphatic rings. The molecule has 2 N–H and O–H groups in total. The van der Waals surface area contributed by atoms with E-state index in [1.807, 2.05) is 24.3 Å². The van der Waals surface area contributed by atoms with Gasteiger partial charge in [-0.25, -0.2) is 4.98 Å². The van der Waals surface area contributed by atoms with Crippen molar-refractivity contribution in [2.45, 2.75) is 38.1 Å². The normalized spacial score (nSPS) is 26.6. The van der Waals surface area contributed by atoms with Crippen LogP contribution in [-0.4, -0.2) is 4.98 Å². The molecule has 3 rings (SSSR count). The number of benzene rings is 1. The molecule has 0 spiro atoms. The molecule has 1 aliphatic carbocycles. The molecule has 0 aliphatic heterocycles. The van der Waals surface area contributed by atoms with Crippen molar-refractivity contribution in [1.82, 2.24) is 4.98 Å². The van der Waals surface area contributed by atoms with Crippen molar-refractivity contribution in [1.29, 1.82) is 0 Å². The van der Waals surface area contributed by atoms with Gasteiger partial charge < -0.3 is 5.73 Å². The number of hydrogen-bond acceptors (Lipinski definition) is 3. The third-order valence-corrected chi connectivity index (χ3v) is 5.64. The van der Waals surface area contributed by atoms with Crippen molar-refractivity contribution < 1.29 is 0 Å². The Hall–Kier alpha value is -0.900. The summed E-state index contributed by atoms with van der Waals surface area (Å²) in [6, 6.07) is 7.83. The maximum atomic E-state index is 6.59. The zero-order valence-electron chi connectivity index (χ0n) is 11.6. The van der Waals surface area contributed by atoms with Crippen molar-refractivity contribution in [3.05, 3.63) is 39.7 Å². The van der Waals surface area contributed by atoms with Crippen molar-refractivity contribution in [3.63, 3.8) is 0 Å². The molecule has 2 aromatic rings. The zero-order chi connectivity index (χ0) is 14.2. The third kappa shape index (κ3) is 2.62. The van der Waals surface area contributed by atoms with Crippen LogP contribution in [0.4, 0.5) is 0 Å². The molecule has 0 unspecified atom stereocenters. The lowest BCUT2D eigenvalue weighted by molar-refractivity contribution is 0.247. The van der Waals surface area contributed by atoms with Gasteiger partial charge in [0.2, 0.25) is 0 Å². The number of rotatable bonds is 2. The minimum Gasteiger partial charge on any atom is -0.319 e. The highest BCUT2D eigenvalue weighted by atomic mass is 35.5. The molecule has 0 bridgehead atoms. The molecule has 0 atom stereocenters. The molecule has 1 heterocycles. The summed E-state index contributed by atoms with van der Waals surface area (Å²) in [5, 5.41) is 3.87. The van der Waals surface area contributed by atoms with E-state index >= 15 is 0 Å². The molecule has 0 radical (unpaired) electrons. The van der Waals surface area contributed by atoms with E-state index in [9.17, 15) is 0 Å². The highest BCUT2D eigenvalue weighted by Crippen LogP contribution is 2.40. The lowest BCUT2D eigenvalue weighted by atomic mass is 9.78. The predicted molar refractivity (Wildman–Crippen MR) is 86.1 cm³/mol. The van der Waals surface area contributed by atoms with Gasteiger partial charge in [-0.05, 0) is 37.7 Å². The van der Waals surface area contributed by atoms with Gasteiger partial charge >= 0.3 is 0 Å². The van der Waals surface area contributed by atoms with Crippen LogP contribution in [0.2, 0.25) is 5.02 Å². The van der Waals surface area contributed by atoms with Gasteiger partial charge in [-0.3, -0.25) is 0 Å². The first kappa shape index (κ1) is 14.1. The van der Waals surface area contributed by atoms with E-state index in [0.717, 1.165) is 40.0 Å². The Morgan fingerprint density at radius 1 is 1.30 bits per heavy atom. The van der Waals surface area contributed by atoms with Crippen molar-refractivity contribution >= 4 is 22.9 Å². The van der Waals surface area contributed by atoms with Gasteiger partial charge in [0.05, 0.1) is 11.2 Å². The van der Waals surface area contributed by atoms with E-state index < -0.39 is 0 Å². The van der Waals surface area contributed by atoms with Crippen LogP contribution in [-0.2, 0) is 5.54 Å². The Morgan fingerprint density at radius 3 is 2.70 bits per heavy atom. The average molecular weight is 307 g/mol. The van der Waals surface area contributed by atoms with Crippen LogP contribution in [0.1, 0.15) is 37.6 Å². The van der Waals surface area contributed by atoms with Gasteiger partial charge in [-0.1, -0.05) is 36.7 Å². The topological polar surface area (TPSA) is 38.9 Å². The summed E-state index contributed by atoms with van der Waals surface area (Å²) >= 11 is 7.91. The molecule has 1 aromatic heterocycles. The minimum atomic E-state index is -0.239. The first-order chi connectivity index (χ1) is 9.58. The largest absolute Gasteiger partial charge is 0.319 e. The highest BCUT2D eigenvalue weighted by molar-refractivity contribution is 7.10. The van der Waals surface area contributed by atoms with Gasteiger partial charge in [0.15, 0.2) is 0 Å². The lowest BCUT2D eigenvalue weighted by Crippen LogP contribution is -2.40. The van der Waals surface area contributed by atoms with Crippen LogP contribution >= 0.6 is 22.9 Å². The van der Waals surface area contributed by atoms with E-state index in [1.54, 1.807) is 11.3 Å². The number of thiazole rings is 1. The summed E-state index contributed by atoms with van der Waals surface area (Å²) in [6.45, 7) is 2.30. The van der Waals surface area contributed by atoms with Crippen LogP contribution < -0.4 is 5.73 Å². The number of hydrogen-bond donors (Lipinski definition) is 1. The van der Waals surface area contributed by atoms with Crippen LogP contribution in [0.3, 0.4) is 0 Å². The molecule has 0 saturated heterocycles. The minimum absolute atomic E-state index is 0.239. The molecule has 1 fully saturated rings. The lowest BCUT2D eigenvalue weighted by Gasteiger charge is -2.34. The van der Waals surface area contributed by atoms with Gasteiger partial charge in [-0.15, -0.1) is 11.3 Å². The first-order valence-electron chi connectivity index (χ1n) is 7.08. The molecule has 2 nitrogen and oxygen atoms in total. The fourth-order valence-electron chi connectivity index (χ4n) is 2.79. The van der Waals surface area contributed by atoms with Crippen LogP contribution in [0.5, 0.6) is 0 Å². The SMILES string of the molecule is CC1CCC(N)(c2nc(-c3ccccc3Cl)cs2)CC1. The van der Waals surface area contributed by atoms with Gasteiger partial charge in [0.1, 0.15) is 5.01 Å². The van der Waals surface area contributed by atoms with Crippen LogP contribution in [0, 0.1) is 5.92 Å². The smallest absolute Gasteiger partial charge is 0.113 e. The zero-order valence-corrected chi connectivity index (χ0v) is 13.2. The Balaban J connectivity index is 1.89. The van der Waals surface area contributed by atoms with E-state index in [0.29, 0.717) is 0 Å². The van der Waals surface area contributed by atoms with Gasteiger partial charge in [-0.2, -0.15) is 0 Å².